The highest BCUT2D eigenvalue weighted by molar-refractivity contribution is 4.67. The molecule has 1 unspecified atom stereocenters. The molecule has 0 aliphatic carbocycles. The zero-order valence-corrected chi connectivity index (χ0v) is 9.51. The van der Waals surface area contributed by atoms with Crippen LogP contribution in [0.25, 0.3) is 0 Å². The summed E-state index contributed by atoms with van der Waals surface area (Å²) in [7, 11) is 0. The van der Waals surface area contributed by atoms with E-state index in [0.29, 0.717) is 12.0 Å². The predicted octanol–water partition coefficient (Wildman–Crippen LogP) is 2.03. The number of hydrogen-bond donors (Lipinski definition) is 2. The van der Waals surface area contributed by atoms with Crippen molar-refractivity contribution >= 4 is 0 Å². The van der Waals surface area contributed by atoms with Crippen molar-refractivity contribution in [2.45, 2.75) is 46.6 Å². The summed E-state index contributed by atoms with van der Waals surface area (Å²) < 4.78 is 0. The van der Waals surface area contributed by atoms with Crippen LogP contribution in [0.3, 0.4) is 0 Å². The van der Waals surface area contributed by atoms with Gasteiger partial charge in [0.15, 0.2) is 0 Å². The highest BCUT2D eigenvalue weighted by atomic mass is 16.3. The van der Waals surface area contributed by atoms with Crippen molar-refractivity contribution in [2.75, 3.05) is 13.2 Å². The van der Waals surface area contributed by atoms with Gasteiger partial charge in [0, 0.05) is 6.04 Å². The zero-order valence-electron chi connectivity index (χ0n) is 9.51. The topological polar surface area (TPSA) is 32.3 Å². The molecule has 0 aromatic rings. The number of rotatable bonds is 7. The van der Waals surface area contributed by atoms with Gasteiger partial charge in [0.1, 0.15) is 0 Å². The van der Waals surface area contributed by atoms with Gasteiger partial charge in [-0.1, -0.05) is 27.7 Å². The number of hydrogen-bond acceptors (Lipinski definition) is 2. The normalized spacial score (nSPS) is 14.1. The maximum atomic E-state index is 9.08. The zero-order chi connectivity index (χ0) is 10.3. The van der Waals surface area contributed by atoms with E-state index < -0.39 is 0 Å². The first kappa shape index (κ1) is 12.9. The first-order valence-electron chi connectivity index (χ1n) is 5.40. The molecule has 0 aliphatic rings. The van der Waals surface area contributed by atoms with Crippen molar-refractivity contribution in [3.63, 3.8) is 0 Å². The SMILES string of the molecule is CC(C)CCNC(CO)CC(C)C. The lowest BCUT2D eigenvalue weighted by atomic mass is 10.0. The molecule has 0 aliphatic heterocycles. The highest BCUT2D eigenvalue weighted by Crippen LogP contribution is 2.04. The van der Waals surface area contributed by atoms with Crippen LogP contribution in [0, 0.1) is 11.8 Å². The smallest absolute Gasteiger partial charge is 0.0584 e. The minimum atomic E-state index is 0.260. The van der Waals surface area contributed by atoms with Crippen LogP contribution >= 0.6 is 0 Å². The lowest BCUT2D eigenvalue weighted by Gasteiger charge is -2.18. The molecule has 80 valence electrons. The molecule has 0 heterocycles. The summed E-state index contributed by atoms with van der Waals surface area (Å²) in [5.74, 6) is 1.40. The van der Waals surface area contributed by atoms with Crippen LogP contribution < -0.4 is 5.32 Å². The lowest BCUT2D eigenvalue weighted by molar-refractivity contribution is 0.223. The number of aliphatic hydroxyl groups is 1. The molecule has 0 aromatic heterocycles. The molecule has 0 aromatic carbocycles. The third-order valence-corrected chi connectivity index (χ3v) is 2.13. The van der Waals surface area contributed by atoms with E-state index in [2.05, 4.69) is 33.0 Å². The number of aliphatic hydroxyl groups excluding tert-OH is 1. The summed E-state index contributed by atoms with van der Waals surface area (Å²) in [5, 5.41) is 12.5. The maximum Gasteiger partial charge on any atom is 0.0584 e. The molecule has 2 nitrogen and oxygen atoms in total. The highest BCUT2D eigenvalue weighted by Gasteiger charge is 2.08. The van der Waals surface area contributed by atoms with Crippen LogP contribution in [0.4, 0.5) is 0 Å². The summed E-state index contributed by atoms with van der Waals surface area (Å²) in [5.41, 5.74) is 0. The fraction of sp³-hybridized carbons (Fsp3) is 1.00. The fourth-order valence-electron chi connectivity index (χ4n) is 1.37. The Bertz CT molecular complexity index is 113. The summed E-state index contributed by atoms with van der Waals surface area (Å²) >= 11 is 0. The van der Waals surface area contributed by atoms with Gasteiger partial charge in [-0.25, -0.2) is 0 Å². The third kappa shape index (κ3) is 8.26. The molecular weight excluding hydrogens is 162 g/mol. The first-order valence-corrected chi connectivity index (χ1v) is 5.40. The van der Waals surface area contributed by atoms with E-state index in [1.54, 1.807) is 0 Å². The molecule has 0 spiro atoms. The Morgan fingerprint density at radius 2 is 1.69 bits per heavy atom. The van der Waals surface area contributed by atoms with E-state index in [1.165, 1.54) is 6.42 Å². The second kappa shape index (κ2) is 7.34. The Morgan fingerprint density at radius 3 is 2.08 bits per heavy atom. The molecule has 0 radical (unpaired) electrons. The van der Waals surface area contributed by atoms with Gasteiger partial charge in [0.2, 0.25) is 0 Å². The van der Waals surface area contributed by atoms with Gasteiger partial charge >= 0.3 is 0 Å². The van der Waals surface area contributed by atoms with Crippen molar-refractivity contribution in [3.8, 4) is 0 Å². The quantitative estimate of drug-likeness (QED) is 0.639. The van der Waals surface area contributed by atoms with Gasteiger partial charge in [-0.05, 0) is 31.2 Å². The molecule has 1 atom stereocenters. The van der Waals surface area contributed by atoms with Gasteiger partial charge in [0.25, 0.3) is 0 Å². The molecule has 0 saturated carbocycles. The first-order chi connectivity index (χ1) is 6.06. The Balaban J connectivity index is 3.48. The van der Waals surface area contributed by atoms with E-state index in [4.69, 9.17) is 5.11 Å². The largest absolute Gasteiger partial charge is 0.395 e. The Hall–Kier alpha value is -0.0800. The van der Waals surface area contributed by atoms with Gasteiger partial charge in [-0.2, -0.15) is 0 Å². The summed E-state index contributed by atoms with van der Waals surface area (Å²) in [4.78, 5) is 0. The minimum absolute atomic E-state index is 0.260. The summed E-state index contributed by atoms with van der Waals surface area (Å²) in [6.07, 6.45) is 2.25. The average Bonchev–Trinajstić information content (AvgIpc) is 2.01. The monoisotopic (exact) mass is 187 g/mol. The van der Waals surface area contributed by atoms with Crippen LogP contribution in [0.2, 0.25) is 0 Å². The van der Waals surface area contributed by atoms with Gasteiger partial charge in [-0.15, -0.1) is 0 Å². The van der Waals surface area contributed by atoms with Crippen molar-refractivity contribution in [1.29, 1.82) is 0 Å². The summed E-state index contributed by atoms with van der Waals surface area (Å²) in [6, 6.07) is 0.291. The fourth-order valence-corrected chi connectivity index (χ4v) is 1.37. The van der Waals surface area contributed by atoms with E-state index in [0.717, 1.165) is 18.9 Å². The maximum absolute atomic E-state index is 9.08. The van der Waals surface area contributed by atoms with E-state index >= 15 is 0 Å². The van der Waals surface area contributed by atoms with Crippen LogP contribution in [0.1, 0.15) is 40.5 Å². The van der Waals surface area contributed by atoms with Crippen molar-refractivity contribution in [1.82, 2.24) is 5.32 Å². The van der Waals surface area contributed by atoms with E-state index in [1.807, 2.05) is 0 Å². The molecular formula is C11H25NO. The average molecular weight is 187 g/mol. The van der Waals surface area contributed by atoms with E-state index in [9.17, 15) is 0 Å². The molecule has 2 N–H and O–H groups in total. The van der Waals surface area contributed by atoms with Crippen LogP contribution in [0.15, 0.2) is 0 Å². The Kier molecular flexibility index (Phi) is 7.29. The Labute approximate surface area is 82.7 Å². The molecule has 0 rings (SSSR count). The molecule has 0 saturated heterocycles. The van der Waals surface area contributed by atoms with Crippen molar-refractivity contribution in [3.05, 3.63) is 0 Å². The lowest BCUT2D eigenvalue weighted by Crippen LogP contribution is -2.34. The molecule has 0 bridgehead atoms. The standard InChI is InChI=1S/C11H25NO/c1-9(2)5-6-12-11(8-13)7-10(3)4/h9-13H,5-8H2,1-4H3. The molecule has 2 heteroatoms. The van der Waals surface area contributed by atoms with Gasteiger partial charge in [-0.3, -0.25) is 0 Å². The minimum Gasteiger partial charge on any atom is -0.395 e. The van der Waals surface area contributed by atoms with Gasteiger partial charge < -0.3 is 10.4 Å². The second-order valence-corrected chi connectivity index (χ2v) is 4.65. The summed E-state index contributed by atoms with van der Waals surface area (Å²) in [6.45, 7) is 10.1. The third-order valence-electron chi connectivity index (χ3n) is 2.13. The molecule has 0 fully saturated rings. The van der Waals surface area contributed by atoms with Crippen molar-refractivity contribution < 1.29 is 5.11 Å². The Morgan fingerprint density at radius 1 is 1.08 bits per heavy atom. The second-order valence-electron chi connectivity index (χ2n) is 4.65. The predicted molar refractivity (Wildman–Crippen MR) is 57.8 cm³/mol. The van der Waals surface area contributed by atoms with Crippen LogP contribution in [-0.4, -0.2) is 24.3 Å². The van der Waals surface area contributed by atoms with Crippen LogP contribution in [-0.2, 0) is 0 Å². The number of nitrogens with one attached hydrogen (secondary N) is 1. The van der Waals surface area contributed by atoms with E-state index in [-0.39, 0.29) is 6.61 Å². The molecule has 13 heavy (non-hydrogen) atoms. The molecule has 0 amide bonds. The van der Waals surface area contributed by atoms with Crippen molar-refractivity contribution in [2.24, 2.45) is 11.8 Å². The van der Waals surface area contributed by atoms with Gasteiger partial charge in [0.05, 0.1) is 6.61 Å². The van der Waals surface area contributed by atoms with Crippen LogP contribution in [0.5, 0.6) is 0 Å².